The Labute approximate surface area is 101 Å². The van der Waals surface area contributed by atoms with Crippen LogP contribution in [-0.2, 0) is 11.2 Å². The molecule has 0 unspecified atom stereocenters. The molecule has 82 valence electrons. The van der Waals surface area contributed by atoms with Gasteiger partial charge in [0.2, 0.25) is 5.91 Å². The molecule has 1 rings (SSSR count). The summed E-state index contributed by atoms with van der Waals surface area (Å²) in [4.78, 5) is 10.8. The van der Waals surface area contributed by atoms with Gasteiger partial charge in [0.05, 0.1) is 4.47 Å². The van der Waals surface area contributed by atoms with Crippen LogP contribution < -0.4 is 5.32 Å². The molecule has 5 heteroatoms. The molecule has 0 radical (unpaired) electrons. The second-order valence-corrected chi connectivity index (χ2v) is 4.10. The standard InChI is InChI=1S/C10H10BrClFNO/c11-8-5-7(1-2-9(8)13)3-4-14-10(15)6-12/h1-2,5H,3-4,6H2,(H,14,15). The van der Waals surface area contributed by atoms with Crippen LogP contribution >= 0.6 is 27.5 Å². The number of hydrogen-bond donors (Lipinski definition) is 1. The van der Waals surface area contributed by atoms with Crippen molar-refractivity contribution in [2.45, 2.75) is 6.42 Å². The monoisotopic (exact) mass is 293 g/mol. The third kappa shape index (κ3) is 4.18. The Bertz CT molecular complexity index is 359. The first-order valence-electron chi connectivity index (χ1n) is 4.40. The third-order valence-electron chi connectivity index (χ3n) is 1.84. The molecule has 1 N–H and O–H groups in total. The highest BCUT2D eigenvalue weighted by Crippen LogP contribution is 2.16. The molecule has 2 nitrogen and oxygen atoms in total. The van der Waals surface area contributed by atoms with E-state index in [4.69, 9.17) is 11.6 Å². The Kier molecular flexibility index (Phi) is 5.05. The molecule has 0 atom stereocenters. The quantitative estimate of drug-likeness (QED) is 0.849. The molecule has 0 aliphatic carbocycles. The fourth-order valence-corrected chi connectivity index (χ4v) is 1.61. The smallest absolute Gasteiger partial charge is 0.234 e. The lowest BCUT2D eigenvalue weighted by molar-refractivity contribution is -0.118. The van der Waals surface area contributed by atoms with E-state index in [1.807, 2.05) is 0 Å². The zero-order valence-electron chi connectivity index (χ0n) is 7.90. The number of hydrogen-bond acceptors (Lipinski definition) is 1. The first-order chi connectivity index (χ1) is 7.13. The van der Waals surface area contributed by atoms with E-state index in [0.717, 1.165) is 5.56 Å². The summed E-state index contributed by atoms with van der Waals surface area (Å²) in [7, 11) is 0. The fourth-order valence-electron chi connectivity index (χ4n) is 1.09. The van der Waals surface area contributed by atoms with Gasteiger partial charge in [0.15, 0.2) is 0 Å². The van der Waals surface area contributed by atoms with Crippen molar-refractivity contribution in [3.05, 3.63) is 34.1 Å². The van der Waals surface area contributed by atoms with E-state index < -0.39 is 0 Å². The third-order valence-corrected chi connectivity index (χ3v) is 2.69. The molecule has 1 aromatic carbocycles. The van der Waals surface area contributed by atoms with Crippen LogP contribution in [0.3, 0.4) is 0 Å². The van der Waals surface area contributed by atoms with Gasteiger partial charge >= 0.3 is 0 Å². The summed E-state index contributed by atoms with van der Waals surface area (Å²) in [6.07, 6.45) is 0.654. The molecule has 0 aliphatic rings. The van der Waals surface area contributed by atoms with Crippen molar-refractivity contribution in [1.82, 2.24) is 5.32 Å². The number of rotatable bonds is 4. The van der Waals surface area contributed by atoms with Gasteiger partial charge in [0.1, 0.15) is 11.7 Å². The second kappa shape index (κ2) is 6.08. The van der Waals surface area contributed by atoms with Gasteiger partial charge in [-0.15, -0.1) is 11.6 Å². The normalized spacial score (nSPS) is 10.1. The Morgan fingerprint density at radius 1 is 1.53 bits per heavy atom. The zero-order valence-corrected chi connectivity index (χ0v) is 10.2. The fraction of sp³-hybridized carbons (Fsp3) is 0.300. The number of amides is 1. The molecule has 1 aromatic rings. The molecular weight excluding hydrogens is 284 g/mol. The van der Waals surface area contributed by atoms with Gasteiger partial charge in [-0.1, -0.05) is 6.07 Å². The number of carbonyl (C=O) groups is 1. The topological polar surface area (TPSA) is 29.1 Å². The molecule has 15 heavy (non-hydrogen) atoms. The summed E-state index contributed by atoms with van der Waals surface area (Å²) in [5.41, 5.74) is 0.957. The summed E-state index contributed by atoms with van der Waals surface area (Å²) >= 11 is 8.41. The maximum absolute atomic E-state index is 12.9. The average Bonchev–Trinajstić information content (AvgIpc) is 2.23. The summed E-state index contributed by atoms with van der Waals surface area (Å²) in [6, 6.07) is 4.78. The highest BCUT2D eigenvalue weighted by Gasteiger charge is 2.01. The van der Waals surface area contributed by atoms with E-state index in [-0.39, 0.29) is 17.6 Å². The van der Waals surface area contributed by atoms with E-state index in [2.05, 4.69) is 21.2 Å². The summed E-state index contributed by atoms with van der Waals surface area (Å²) in [5, 5.41) is 2.63. The SMILES string of the molecule is O=C(CCl)NCCc1ccc(F)c(Br)c1. The van der Waals surface area contributed by atoms with Gasteiger partial charge in [-0.05, 0) is 40.0 Å². The van der Waals surface area contributed by atoms with Gasteiger partial charge < -0.3 is 5.32 Å². The van der Waals surface area contributed by atoms with Crippen LogP contribution in [0.5, 0.6) is 0 Å². The highest BCUT2D eigenvalue weighted by molar-refractivity contribution is 9.10. The van der Waals surface area contributed by atoms with Crippen LogP contribution in [0.1, 0.15) is 5.56 Å². The van der Waals surface area contributed by atoms with Gasteiger partial charge in [0, 0.05) is 6.54 Å². The van der Waals surface area contributed by atoms with Crippen LogP contribution in [0.2, 0.25) is 0 Å². The zero-order chi connectivity index (χ0) is 11.3. The van der Waals surface area contributed by atoms with Gasteiger partial charge in [-0.2, -0.15) is 0 Å². The predicted molar refractivity (Wildman–Crippen MR) is 61.5 cm³/mol. The summed E-state index contributed by atoms with van der Waals surface area (Å²) in [6.45, 7) is 0.504. The van der Waals surface area contributed by atoms with Crippen LogP contribution in [-0.4, -0.2) is 18.3 Å². The molecule has 0 heterocycles. The minimum Gasteiger partial charge on any atom is -0.355 e. The summed E-state index contributed by atoms with van der Waals surface area (Å²) in [5.74, 6) is -0.519. The summed E-state index contributed by atoms with van der Waals surface area (Å²) < 4.78 is 13.3. The minimum atomic E-state index is -0.288. The Morgan fingerprint density at radius 2 is 2.27 bits per heavy atom. The first kappa shape index (κ1) is 12.5. The van der Waals surface area contributed by atoms with E-state index >= 15 is 0 Å². The molecule has 0 saturated carbocycles. The van der Waals surface area contributed by atoms with Gasteiger partial charge in [-0.3, -0.25) is 4.79 Å². The number of alkyl halides is 1. The van der Waals surface area contributed by atoms with Crippen molar-refractivity contribution >= 4 is 33.4 Å². The molecular formula is C10H10BrClFNO. The van der Waals surface area contributed by atoms with Crippen LogP contribution in [0, 0.1) is 5.82 Å². The Morgan fingerprint density at radius 3 is 2.87 bits per heavy atom. The van der Waals surface area contributed by atoms with E-state index in [1.165, 1.54) is 6.07 Å². The highest BCUT2D eigenvalue weighted by atomic mass is 79.9. The van der Waals surface area contributed by atoms with E-state index in [0.29, 0.717) is 17.4 Å². The van der Waals surface area contributed by atoms with Crippen molar-refractivity contribution in [3.8, 4) is 0 Å². The predicted octanol–water partition coefficient (Wildman–Crippen LogP) is 2.49. The van der Waals surface area contributed by atoms with Crippen molar-refractivity contribution in [2.24, 2.45) is 0 Å². The number of benzene rings is 1. The van der Waals surface area contributed by atoms with Crippen molar-refractivity contribution in [3.63, 3.8) is 0 Å². The van der Waals surface area contributed by atoms with Gasteiger partial charge in [-0.25, -0.2) is 4.39 Å². The Hall–Kier alpha value is -0.610. The van der Waals surface area contributed by atoms with Crippen LogP contribution in [0.25, 0.3) is 0 Å². The number of nitrogens with one attached hydrogen (secondary N) is 1. The first-order valence-corrected chi connectivity index (χ1v) is 5.73. The number of carbonyl (C=O) groups excluding carboxylic acids is 1. The molecule has 1 amide bonds. The average molecular weight is 295 g/mol. The minimum absolute atomic E-state index is 0.0346. The van der Waals surface area contributed by atoms with Crippen LogP contribution in [0.4, 0.5) is 4.39 Å². The molecule has 0 aromatic heterocycles. The maximum atomic E-state index is 12.9. The molecule has 0 bridgehead atoms. The second-order valence-electron chi connectivity index (χ2n) is 2.98. The Balaban J connectivity index is 2.44. The molecule has 0 saturated heterocycles. The number of halogens is 3. The maximum Gasteiger partial charge on any atom is 0.234 e. The molecule has 0 spiro atoms. The largest absolute Gasteiger partial charge is 0.355 e. The van der Waals surface area contributed by atoms with Gasteiger partial charge in [0.25, 0.3) is 0 Å². The lowest BCUT2D eigenvalue weighted by atomic mass is 10.1. The van der Waals surface area contributed by atoms with Crippen molar-refractivity contribution in [2.75, 3.05) is 12.4 Å². The molecule has 0 fully saturated rings. The molecule has 0 aliphatic heterocycles. The van der Waals surface area contributed by atoms with E-state index in [9.17, 15) is 9.18 Å². The lowest BCUT2D eigenvalue weighted by Crippen LogP contribution is -2.26. The van der Waals surface area contributed by atoms with E-state index in [1.54, 1.807) is 12.1 Å². The van der Waals surface area contributed by atoms with Crippen LogP contribution in [0.15, 0.2) is 22.7 Å². The van der Waals surface area contributed by atoms with Crippen molar-refractivity contribution < 1.29 is 9.18 Å². The van der Waals surface area contributed by atoms with Crippen molar-refractivity contribution in [1.29, 1.82) is 0 Å². The lowest BCUT2D eigenvalue weighted by Gasteiger charge is -2.04.